The summed E-state index contributed by atoms with van der Waals surface area (Å²) in [5, 5.41) is 6.36. The lowest BCUT2D eigenvalue weighted by atomic mass is 9.74. The zero-order valence-electron chi connectivity index (χ0n) is 15.5. The molecule has 0 amide bonds. The van der Waals surface area contributed by atoms with Crippen molar-refractivity contribution in [2.45, 2.75) is 50.4 Å². The minimum Gasteiger partial charge on any atom is -0.403 e. The molecule has 3 nitrogen and oxygen atoms in total. The Bertz CT molecular complexity index is 1000. The third-order valence-corrected chi connectivity index (χ3v) is 6.65. The van der Waals surface area contributed by atoms with Crippen LogP contribution >= 0.6 is 0 Å². The van der Waals surface area contributed by atoms with E-state index >= 15 is 0 Å². The Morgan fingerprint density at radius 3 is 2.38 bits per heavy atom. The molecule has 0 radical (unpaired) electrons. The first-order valence-electron chi connectivity index (χ1n) is 9.96. The van der Waals surface area contributed by atoms with Crippen molar-refractivity contribution in [1.82, 2.24) is 4.57 Å². The molecular formula is C23H27N3. The SMILES string of the molecule is Cn1c2ccccc2c2c(C3CCC3)cc(C3CCC3)c(N/C=C\N)c21. The van der Waals surface area contributed by atoms with E-state index in [1.165, 1.54) is 71.6 Å². The molecule has 1 aromatic heterocycles. The summed E-state index contributed by atoms with van der Waals surface area (Å²) in [7, 11) is 2.21. The molecule has 0 bridgehead atoms. The van der Waals surface area contributed by atoms with Gasteiger partial charge < -0.3 is 15.6 Å². The van der Waals surface area contributed by atoms with E-state index in [2.05, 4.69) is 47.3 Å². The van der Waals surface area contributed by atoms with Crippen LogP contribution in [0.15, 0.2) is 42.7 Å². The number of nitrogens with one attached hydrogen (secondary N) is 1. The molecule has 3 N–H and O–H groups in total. The number of para-hydroxylation sites is 1. The average Bonchev–Trinajstić information content (AvgIpc) is 2.85. The highest BCUT2D eigenvalue weighted by Gasteiger charge is 2.30. The summed E-state index contributed by atoms with van der Waals surface area (Å²) in [5.41, 5.74) is 12.7. The minimum atomic E-state index is 0.685. The second-order valence-electron chi connectivity index (χ2n) is 7.99. The maximum atomic E-state index is 5.67. The molecule has 2 aliphatic rings. The van der Waals surface area contributed by atoms with Gasteiger partial charge in [-0.25, -0.2) is 0 Å². The monoisotopic (exact) mass is 345 g/mol. The number of benzene rings is 2. The van der Waals surface area contributed by atoms with Crippen LogP contribution < -0.4 is 11.1 Å². The van der Waals surface area contributed by atoms with Gasteiger partial charge in [-0.3, -0.25) is 0 Å². The van der Waals surface area contributed by atoms with Crippen LogP contribution in [0.1, 0.15) is 61.5 Å². The van der Waals surface area contributed by atoms with Gasteiger partial charge in [0.25, 0.3) is 0 Å². The Balaban J connectivity index is 1.89. The second-order valence-corrected chi connectivity index (χ2v) is 7.99. The molecule has 2 fully saturated rings. The van der Waals surface area contributed by atoms with Gasteiger partial charge >= 0.3 is 0 Å². The van der Waals surface area contributed by atoms with Gasteiger partial charge in [-0.1, -0.05) is 37.1 Å². The molecule has 0 aliphatic heterocycles. The van der Waals surface area contributed by atoms with Crippen molar-refractivity contribution in [2.24, 2.45) is 12.8 Å². The van der Waals surface area contributed by atoms with Crippen LogP contribution in [-0.4, -0.2) is 4.57 Å². The lowest BCUT2D eigenvalue weighted by molar-refractivity contribution is 0.412. The fourth-order valence-corrected chi connectivity index (χ4v) is 4.79. The lowest BCUT2D eigenvalue weighted by Crippen LogP contribution is -2.15. The van der Waals surface area contributed by atoms with Crippen molar-refractivity contribution in [2.75, 3.05) is 5.32 Å². The van der Waals surface area contributed by atoms with E-state index in [1.807, 2.05) is 6.20 Å². The van der Waals surface area contributed by atoms with E-state index in [1.54, 1.807) is 11.8 Å². The Labute approximate surface area is 154 Å². The summed E-state index contributed by atoms with van der Waals surface area (Å²) in [5.74, 6) is 1.41. The van der Waals surface area contributed by atoms with E-state index < -0.39 is 0 Å². The largest absolute Gasteiger partial charge is 0.403 e. The molecule has 0 unspecified atom stereocenters. The van der Waals surface area contributed by atoms with E-state index in [4.69, 9.17) is 5.73 Å². The van der Waals surface area contributed by atoms with Crippen molar-refractivity contribution in [3.8, 4) is 0 Å². The number of aryl methyl sites for hydroxylation is 1. The van der Waals surface area contributed by atoms with Gasteiger partial charge in [-0.2, -0.15) is 0 Å². The summed E-state index contributed by atoms with van der Waals surface area (Å²) in [4.78, 5) is 0. The fourth-order valence-electron chi connectivity index (χ4n) is 4.79. The summed E-state index contributed by atoms with van der Waals surface area (Å²) in [6, 6.07) is 11.4. The molecule has 3 aromatic rings. The van der Waals surface area contributed by atoms with E-state index in [9.17, 15) is 0 Å². The zero-order valence-corrected chi connectivity index (χ0v) is 15.5. The molecule has 0 atom stereocenters. The van der Waals surface area contributed by atoms with Gasteiger partial charge in [0.1, 0.15) is 0 Å². The van der Waals surface area contributed by atoms with Crippen LogP contribution in [-0.2, 0) is 7.05 Å². The van der Waals surface area contributed by atoms with Gasteiger partial charge in [-0.05, 0) is 54.7 Å². The molecular weight excluding hydrogens is 318 g/mol. The van der Waals surface area contributed by atoms with Gasteiger partial charge in [0.2, 0.25) is 0 Å². The average molecular weight is 345 g/mol. The Morgan fingerprint density at radius 1 is 1.04 bits per heavy atom. The van der Waals surface area contributed by atoms with Gasteiger partial charge in [0.15, 0.2) is 0 Å². The number of rotatable bonds is 4. The Kier molecular flexibility index (Phi) is 3.70. The van der Waals surface area contributed by atoms with Crippen LogP contribution in [0, 0.1) is 0 Å². The van der Waals surface area contributed by atoms with Crippen LogP contribution in [0.4, 0.5) is 5.69 Å². The number of anilines is 1. The van der Waals surface area contributed by atoms with Crippen molar-refractivity contribution in [1.29, 1.82) is 0 Å². The third kappa shape index (κ3) is 2.19. The quantitative estimate of drug-likeness (QED) is 0.636. The van der Waals surface area contributed by atoms with Crippen LogP contribution in [0.25, 0.3) is 21.8 Å². The van der Waals surface area contributed by atoms with Crippen molar-refractivity contribution in [3.05, 3.63) is 53.9 Å². The number of nitrogens with two attached hydrogens (primary N) is 1. The van der Waals surface area contributed by atoms with Gasteiger partial charge in [0, 0.05) is 35.7 Å². The molecule has 0 saturated heterocycles. The smallest absolute Gasteiger partial charge is 0.0733 e. The predicted octanol–water partition coefficient (Wildman–Crippen LogP) is 5.71. The summed E-state index contributed by atoms with van der Waals surface area (Å²) in [6.45, 7) is 0. The molecule has 5 rings (SSSR count). The molecule has 3 heteroatoms. The lowest BCUT2D eigenvalue weighted by Gasteiger charge is -2.32. The minimum absolute atomic E-state index is 0.685. The number of hydrogen-bond donors (Lipinski definition) is 2. The highest BCUT2D eigenvalue weighted by molar-refractivity contribution is 6.14. The fraction of sp³-hybridized carbons (Fsp3) is 0.391. The van der Waals surface area contributed by atoms with Crippen molar-refractivity contribution in [3.63, 3.8) is 0 Å². The molecule has 134 valence electrons. The molecule has 2 aromatic carbocycles. The number of aromatic nitrogens is 1. The highest BCUT2D eigenvalue weighted by atomic mass is 15.0. The van der Waals surface area contributed by atoms with Gasteiger partial charge in [-0.15, -0.1) is 0 Å². The van der Waals surface area contributed by atoms with Crippen LogP contribution in [0.5, 0.6) is 0 Å². The topological polar surface area (TPSA) is 43.0 Å². The van der Waals surface area contributed by atoms with Crippen LogP contribution in [0.2, 0.25) is 0 Å². The third-order valence-electron chi connectivity index (χ3n) is 6.65. The normalized spacial score (nSPS) is 18.5. The zero-order chi connectivity index (χ0) is 17.7. The Morgan fingerprint density at radius 2 is 1.73 bits per heavy atom. The Hall–Kier alpha value is -2.42. The first kappa shape index (κ1) is 15.8. The molecule has 0 spiro atoms. The van der Waals surface area contributed by atoms with E-state index in [0.717, 1.165) is 5.92 Å². The van der Waals surface area contributed by atoms with Crippen molar-refractivity contribution < 1.29 is 0 Å². The molecule has 26 heavy (non-hydrogen) atoms. The van der Waals surface area contributed by atoms with E-state index in [-0.39, 0.29) is 0 Å². The number of nitrogens with zero attached hydrogens (tertiary/aromatic N) is 1. The highest BCUT2D eigenvalue weighted by Crippen LogP contribution is 2.49. The number of hydrogen-bond acceptors (Lipinski definition) is 2. The molecule has 2 aliphatic carbocycles. The maximum Gasteiger partial charge on any atom is 0.0733 e. The van der Waals surface area contributed by atoms with Crippen LogP contribution in [0.3, 0.4) is 0 Å². The summed E-state index contributed by atoms with van der Waals surface area (Å²) in [6.07, 6.45) is 11.5. The summed E-state index contributed by atoms with van der Waals surface area (Å²) >= 11 is 0. The molecule has 2 saturated carbocycles. The molecule has 1 heterocycles. The van der Waals surface area contributed by atoms with Gasteiger partial charge in [0.05, 0.1) is 11.2 Å². The first-order chi connectivity index (χ1) is 12.8. The summed E-state index contributed by atoms with van der Waals surface area (Å²) < 4.78 is 2.38. The first-order valence-corrected chi connectivity index (χ1v) is 9.96. The predicted molar refractivity (Wildman–Crippen MR) is 111 cm³/mol. The van der Waals surface area contributed by atoms with Crippen molar-refractivity contribution >= 4 is 27.5 Å². The van der Waals surface area contributed by atoms with E-state index in [0.29, 0.717) is 5.92 Å². The maximum absolute atomic E-state index is 5.67. The standard InChI is InChI=1S/C23H27N3/c1-26-20-11-3-2-10-17(20)21-18(15-6-4-7-15)14-19(16-8-5-9-16)22(23(21)26)25-13-12-24/h2-3,10-16,25H,4-9,24H2,1H3/b13-12-. The number of fused-ring (bicyclic) bond motifs is 3. The second kappa shape index (κ2) is 6.08.